The minimum Gasteiger partial charge on any atom is -0.381 e. The second kappa shape index (κ2) is 11.4. The predicted octanol–water partition coefficient (Wildman–Crippen LogP) is 5.71. The number of thiophene rings is 1. The Hall–Kier alpha value is -3.33. The Bertz CT molecular complexity index is 1420. The third-order valence-corrected chi connectivity index (χ3v) is 9.11. The average molecular weight is 541 g/mol. The van der Waals surface area contributed by atoms with Crippen LogP contribution in [0.2, 0.25) is 0 Å². The summed E-state index contributed by atoms with van der Waals surface area (Å²) in [5.41, 5.74) is 17.8. The molecule has 2 fully saturated rings. The van der Waals surface area contributed by atoms with Gasteiger partial charge in [0.2, 0.25) is 0 Å². The van der Waals surface area contributed by atoms with E-state index in [1.165, 1.54) is 4.88 Å². The number of rotatable bonds is 6. The van der Waals surface area contributed by atoms with Crippen LogP contribution in [0.4, 0.5) is 5.69 Å². The van der Waals surface area contributed by atoms with Crippen molar-refractivity contribution in [1.29, 1.82) is 0 Å². The fraction of sp³-hybridized carbons (Fsp3) is 0.387. The lowest BCUT2D eigenvalue weighted by molar-refractivity contribution is 0.0921. The summed E-state index contributed by atoms with van der Waals surface area (Å²) in [5.74, 6) is -0.121. The Morgan fingerprint density at radius 1 is 0.821 bits per heavy atom. The third-order valence-electron chi connectivity index (χ3n) is 8.21. The van der Waals surface area contributed by atoms with E-state index < -0.39 is 0 Å². The number of anilines is 1. The number of carbonyl (C=O) groups excluding carboxylic acids is 1. The number of nitrogens with zero attached hydrogens (tertiary/aromatic N) is 2. The van der Waals surface area contributed by atoms with Crippen molar-refractivity contribution in [2.75, 3.05) is 5.32 Å². The van der Waals surface area contributed by atoms with Gasteiger partial charge < -0.3 is 22.1 Å². The third kappa shape index (κ3) is 5.83. The molecule has 0 saturated heterocycles. The van der Waals surface area contributed by atoms with Crippen molar-refractivity contribution < 1.29 is 4.79 Å². The van der Waals surface area contributed by atoms with Crippen molar-refractivity contribution in [3.05, 3.63) is 65.9 Å². The summed E-state index contributed by atoms with van der Waals surface area (Å²) >= 11 is 1.72. The highest BCUT2D eigenvalue weighted by Crippen LogP contribution is 2.39. The molecule has 6 N–H and O–H groups in total. The Morgan fingerprint density at radius 2 is 1.54 bits per heavy atom. The number of fused-ring (bicyclic) bond motifs is 1. The summed E-state index contributed by atoms with van der Waals surface area (Å²) in [7, 11) is 0. The van der Waals surface area contributed by atoms with E-state index in [-0.39, 0.29) is 18.0 Å². The molecule has 2 aliphatic rings. The second-order valence-corrected chi connectivity index (χ2v) is 12.0. The Kier molecular flexibility index (Phi) is 7.59. The van der Waals surface area contributed by atoms with Crippen LogP contribution in [0.25, 0.3) is 32.5 Å². The van der Waals surface area contributed by atoms with Gasteiger partial charge in [0.05, 0.1) is 11.2 Å². The lowest BCUT2D eigenvalue weighted by Gasteiger charge is -2.29. The molecule has 6 rings (SSSR count). The molecule has 39 heavy (non-hydrogen) atoms. The van der Waals surface area contributed by atoms with E-state index in [4.69, 9.17) is 16.5 Å². The number of hydrogen-bond acceptors (Lipinski definition) is 7. The van der Waals surface area contributed by atoms with Crippen molar-refractivity contribution in [2.45, 2.75) is 75.5 Å². The fourth-order valence-electron chi connectivity index (χ4n) is 5.84. The van der Waals surface area contributed by atoms with Gasteiger partial charge in [-0.15, -0.1) is 11.3 Å². The lowest BCUT2D eigenvalue weighted by Crippen LogP contribution is -2.40. The standard InChI is InChI=1S/C31H36N6OS/c32-21-5-9-23(10-6-21)36-30-25-16-19(3-13-27(25)35-18-26(30)29-2-1-15-39-29)20-4-14-28(34-17-20)31(38)37-24-11-7-22(33)8-12-24/h1-4,13-18,21-24H,5-12,32-33H2,(H,35,36)(H,37,38)/t21?,22-,23?,24-. The number of nitrogens with two attached hydrogens (primary N) is 2. The molecule has 2 saturated carbocycles. The number of hydrogen-bond donors (Lipinski definition) is 4. The minimum atomic E-state index is -0.121. The van der Waals surface area contributed by atoms with Crippen molar-refractivity contribution in [2.24, 2.45) is 11.5 Å². The molecule has 2 aliphatic carbocycles. The van der Waals surface area contributed by atoms with E-state index >= 15 is 0 Å². The number of carbonyl (C=O) groups is 1. The van der Waals surface area contributed by atoms with Crippen LogP contribution < -0.4 is 22.1 Å². The van der Waals surface area contributed by atoms with Crippen molar-refractivity contribution >= 4 is 33.8 Å². The summed E-state index contributed by atoms with van der Waals surface area (Å²) in [5, 5.41) is 10.2. The maximum Gasteiger partial charge on any atom is 0.270 e. The predicted molar refractivity (Wildman–Crippen MR) is 160 cm³/mol. The van der Waals surface area contributed by atoms with Gasteiger partial charge in [-0.25, -0.2) is 0 Å². The lowest BCUT2D eigenvalue weighted by atomic mass is 9.91. The van der Waals surface area contributed by atoms with Gasteiger partial charge in [0.1, 0.15) is 5.69 Å². The zero-order chi connectivity index (χ0) is 26.8. The highest BCUT2D eigenvalue weighted by atomic mass is 32.1. The number of amides is 1. The molecule has 1 amide bonds. The number of nitrogens with one attached hydrogen (secondary N) is 2. The molecular weight excluding hydrogens is 504 g/mol. The van der Waals surface area contributed by atoms with Gasteiger partial charge in [-0.3, -0.25) is 14.8 Å². The Morgan fingerprint density at radius 3 is 2.21 bits per heavy atom. The molecule has 0 bridgehead atoms. The van der Waals surface area contributed by atoms with Gasteiger partial charge in [-0.05, 0) is 86.6 Å². The van der Waals surface area contributed by atoms with Crippen molar-refractivity contribution in [3.63, 3.8) is 0 Å². The molecular formula is C31H36N6OS. The first-order chi connectivity index (χ1) is 19.0. The SMILES string of the molecule is NC1CCC(Nc2c(-c3cccs3)cnc3ccc(-c4ccc(C(=O)N[C@H]5CC[C@H](N)CC5)nc4)cc23)CC1. The molecule has 3 heterocycles. The monoisotopic (exact) mass is 540 g/mol. The van der Waals surface area contributed by atoms with Crippen LogP contribution in [0.5, 0.6) is 0 Å². The molecule has 8 heteroatoms. The van der Waals surface area contributed by atoms with Gasteiger partial charge in [0.15, 0.2) is 0 Å². The summed E-state index contributed by atoms with van der Waals surface area (Å²) in [6, 6.07) is 15.5. The van der Waals surface area contributed by atoms with E-state index in [9.17, 15) is 4.79 Å². The van der Waals surface area contributed by atoms with Crippen LogP contribution in [0, 0.1) is 0 Å². The average Bonchev–Trinajstić information content (AvgIpc) is 3.50. The topological polar surface area (TPSA) is 119 Å². The molecule has 3 aromatic heterocycles. The molecule has 202 valence electrons. The summed E-state index contributed by atoms with van der Waals surface area (Å²) in [4.78, 5) is 23.3. The normalized spacial score (nSPS) is 23.4. The van der Waals surface area contributed by atoms with Gasteiger partial charge in [0, 0.05) is 58.0 Å². The van der Waals surface area contributed by atoms with Crippen molar-refractivity contribution in [1.82, 2.24) is 15.3 Å². The second-order valence-electron chi connectivity index (χ2n) is 11.0. The molecule has 0 spiro atoms. The van der Waals surface area contributed by atoms with E-state index in [0.29, 0.717) is 17.8 Å². The van der Waals surface area contributed by atoms with E-state index in [1.807, 2.05) is 18.3 Å². The van der Waals surface area contributed by atoms with Crippen LogP contribution in [0.15, 0.2) is 60.2 Å². The maximum atomic E-state index is 12.8. The quantitative estimate of drug-likeness (QED) is 0.249. The summed E-state index contributed by atoms with van der Waals surface area (Å²) in [6.07, 6.45) is 11.7. The van der Waals surface area contributed by atoms with E-state index in [1.54, 1.807) is 17.5 Å². The Labute approximate surface area is 233 Å². The van der Waals surface area contributed by atoms with Crippen LogP contribution in [0.1, 0.15) is 61.9 Å². The highest BCUT2D eigenvalue weighted by molar-refractivity contribution is 7.13. The van der Waals surface area contributed by atoms with E-state index in [0.717, 1.165) is 84.6 Å². The zero-order valence-corrected chi connectivity index (χ0v) is 22.9. The number of aromatic nitrogens is 2. The largest absolute Gasteiger partial charge is 0.381 e. The summed E-state index contributed by atoms with van der Waals surface area (Å²) in [6.45, 7) is 0. The van der Waals surface area contributed by atoms with Gasteiger partial charge in [-0.2, -0.15) is 0 Å². The molecule has 0 aliphatic heterocycles. The number of pyridine rings is 2. The minimum absolute atomic E-state index is 0.121. The first kappa shape index (κ1) is 25.9. The molecule has 0 radical (unpaired) electrons. The van der Waals surface area contributed by atoms with Crippen LogP contribution in [0.3, 0.4) is 0 Å². The highest BCUT2D eigenvalue weighted by Gasteiger charge is 2.23. The molecule has 4 aromatic rings. The van der Waals surface area contributed by atoms with Crippen LogP contribution in [-0.2, 0) is 0 Å². The fourth-order valence-corrected chi connectivity index (χ4v) is 6.58. The van der Waals surface area contributed by atoms with Gasteiger partial charge in [-0.1, -0.05) is 18.2 Å². The first-order valence-corrected chi connectivity index (χ1v) is 14.9. The van der Waals surface area contributed by atoms with Gasteiger partial charge in [0.25, 0.3) is 5.91 Å². The molecule has 7 nitrogen and oxygen atoms in total. The zero-order valence-electron chi connectivity index (χ0n) is 22.1. The first-order valence-electron chi connectivity index (χ1n) is 14.0. The van der Waals surface area contributed by atoms with Crippen molar-refractivity contribution in [3.8, 4) is 21.6 Å². The Balaban J connectivity index is 1.28. The molecule has 1 aromatic carbocycles. The molecule has 0 unspecified atom stereocenters. The van der Waals surface area contributed by atoms with E-state index in [2.05, 4.69) is 51.3 Å². The summed E-state index contributed by atoms with van der Waals surface area (Å²) < 4.78 is 0. The van der Waals surface area contributed by atoms with Gasteiger partial charge >= 0.3 is 0 Å². The smallest absolute Gasteiger partial charge is 0.270 e. The number of benzene rings is 1. The maximum absolute atomic E-state index is 12.8. The molecule has 0 atom stereocenters. The van der Waals surface area contributed by atoms with Crippen LogP contribution in [-0.4, -0.2) is 40.0 Å². The van der Waals surface area contributed by atoms with Crippen LogP contribution >= 0.6 is 11.3 Å².